The summed E-state index contributed by atoms with van der Waals surface area (Å²) in [5.74, 6) is 1.52. The fourth-order valence-electron chi connectivity index (χ4n) is 2.45. The molecule has 0 spiro atoms. The molecule has 110 valence electrons. The maximum atomic E-state index is 12.2. The third-order valence-corrected chi connectivity index (χ3v) is 4.45. The zero-order chi connectivity index (χ0) is 14.4. The van der Waals surface area contributed by atoms with Gasteiger partial charge >= 0.3 is 0 Å². The van der Waals surface area contributed by atoms with Crippen LogP contribution in [0.1, 0.15) is 13.8 Å². The van der Waals surface area contributed by atoms with Crippen LogP contribution in [0.4, 0.5) is 0 Å². The molecule has 0 unspecified atom stereocenters. The highest BCUT2D eigenvalue weighted by Crippen LogP contribution is 2.18. The molecule has 1 aromatic rings. The van der Waals surface area contributed by atoms with E-state index in [1.807, 2.05) is 23.1 Å². The van der Waals surface area contributed by atoms with Gasteiger partial charge in [0.15, 0.2) is 0 Å². The molecule has 1 aromatic carbocycles. The van der Waals surface area contributed by atoms with E-state index in [1.165, 1.54) is 4.90 Å². The molecule has 0 aromatic heterocycles. The molecular formula is C16H24N2OS. The number of nitrogens with zero attached hydrogens (tertiary/aromatic N) is 2. The van der Waals surface area contributed by atoms with Crippen LogP contribution in [0.15, 0.2) is 35.2 Å². The lowest BCUT2D eigenvalue weighted by molar-refractivity contribution is -0.130. The van der Waals surface area contributed by atoms with Crippen molar-refractivity contribution in [1.29, 1.82) is 0 Å². The van der Waals surface area contributed by atoms with Gasteiger partial charge in [0.1, 0.15) is 0 Å². The molecule has 1 heterocycles. The summed E-state index contributed by atoms with van der Waals surface area (Å²) in [5.41, 5.74) is 0. The smallest absolute Gasteiger partial charge is 0.233 e. The maximum Gasteiger partial charge on any atom is 0.233 e. The molecule has 0 saturated carbocycles. The Kier molecular flexibility index (Phi) is 5.92. The Labute approximate surface area is 126 Å². The van der Waals surface area contributed by atoms with E-state index in [0.717, 1.165) is 32.7 Å². The standard InChI is InChI=1S/C16H24N2OS/c1-14(2)12-17-8-10-18(11-9-17)16(19)13-20-15-6-4-3-5-7-15/h3-7,14H,8-13H2,1-2H3. The summed E-state index contributed by atoms with van der Waals surface area (Å²) < 4.78 is 0. The van der Waals surface area contributed by atoms with Crippen LogP contribution >= 0.6 is 11.8 Å². The van der Waals surface area contributed by atoms with E-state index < -0.39 is 0 Å². The first-order valence-corrected chi connectivity index (χ1v) is 8.31. The van der Waals surface area contributed by atoms with Crippen LogP contribution in [0.3, 0.4) is 0 Å². The molecule has 1 aliphatic rings. The molecule has 0 radical (unpaired) electrons. The zero-order valence-electron chi connectivity index (χ0n) is 12.4. The summed E-state index contributed by atoms with van der Waals surface area (Å²) in [6.45, 7) is 9.41. The van der Waals surface area contributed by atoms with Crippen molar-refractivity contribution in [3.63, 3.8) is 0 Å². The molecule has 0 atom stereocenters. The Morgan fingerprint density at radius 3 is 2.40 bits per heavy atom. The Bertz CT molecular complexity index is 414. The number of piperazine rings is 1. The van der Waals surface area contributed by atoms with Gasteiger partial charge in [0.2, 0.25) is 5.91 Å². The predicted octanol–water partition coefficient (Wildman–Crippen LogP) is 2.58. The summed E-state index contributed by atoms with van der Waals surface area (Å²) in [6.07, 6.45) is 0. The molecule has 1 fully saturated rings. The van der Waals surface area contributed by atoms with E-state index >= 15 is 0 Å². The van der Waals surface area contributed by atoms with E-state index in [-0.39, 0.29) is 5.91 Å². The van der Waals surface area contributed by atoms with Gasteiger partial charge in [-0.15, -0.1) is 11.8 Å². The van der Waals surface area contributed by atoms with Crippen molar-refractivity contribution in [3.05, 3.63) is 30.3 Å². The molecule has 1 aliphatic heterocycles. The molecular weight excluding hydrogens is 268 g/mol. The second-order valence-electron chi connectivity index (χ2n) is 5.68. The molecule has 0 N–H and O–H groups in total. The monoisotopic (exact) mass is 292 g/mol. The first-order valence-electron chi connectivity index (χ1n) is 7.33. The van der Waals surface area contributed by atoms with Crippen LogP contribution in [0.2, 0.25) is 0 Å². The van der Waals surface area contributed by atoms with E-state index in [2.05, 4.69) is 30.9 Å². The maximum absolute atomic E-state index is 12.2. The molecule has 0 aliphatic carbocycles. The van der Waals surface area contributed by atoms with Gasteiger partial charge in [-0.05, 0) is 18.1 Å². The molecule has 4 heteroatoms. The number of thioether (sulfide) groups is 1. The van der Waals surface area contributed by atoms with Crippen LogP contribution in [0.25, 0.3) is 0 Å². The number of amides is 1. The highest BCUT2D eigenvalue weighted by atomic mass is 32.2. The molecule has 3 nitrogen and oxygen atoms in total. The van der Waals surface area contributed by atoms with Crippen LogP contribution in [0.5, 0.6) is 0 Å². The average Bonchev–Trinajstić information content (AvgIpc) is 2.46. The zero-order valence-corrected chi connectivity index (χ0v) is 13.2. The fourth-order valence-corrected chi connectivity index (χ4v) is 3.27. The van der Waals surface area contributed by atoms with Gasteiger partial charge in [-0.2, -0.15) is 0 Å². The van der Waals surface area contributed by atoms with E-state index in [4.69, 9.17) is 0 Å². The van der Waals surface area contributed by atoms with Gasteiger partial charge in [-0.1, -0.05) is 32.0 Å². The van der Waals surface area contributed by atoms with Gasteiger partial charge < -0.3 is 4.90 Å². The first kappa shape index (κ1) is 15.4. The van der Waals surface area contributed by atoms with Crippen molar-refractivity contribution in [2.45, 2.75) is 18.7 Å². The topological polar surface area (TPSA) is 23.6 Å². The SMILES string of the molecule is CC(C)CN1CCN(C(=O)CSc2ccccc2)CC1. The predicted molar refractivity (Wildman–Crippen MR) is 85.0 cm³/mol. The van der Waals surface area contributed by atoms with Gasteiger partial charge in [0.25, 0.3) is 0 Å². The van der Waals surface area contributed by atoms with Crippen LogP contribution in [-0.2, 0) is 4.79 Å². The molecule has 2 rings (SSSR count). The van der Waals surface area contributed by atoms with Gasteiger partial charge in [-0.25, -0.2) is 0 Å². The molecule has 1 saturated heterocycles. The fraction of sp³-hybridized carbons (Fsp3) is 0.562. The minimum Gasteiger partial charge on any atom is -0.339 e. The van der Waals surface area contributed by atoms with Crippen molar-refractivity contribution in [2.75, 3.05) is 38.5 Å². The Hall–Kier alpha value is -1.00. The third kappa shape index (κ3) is 4.84. The summed E-state index contributed by atoms with van der Waals surface area (Å²) in [7, 11) is 0. The molecule has 20 heavy (non-hydrogen) atoms. The minimum atomic E-state index is 0.267. The summed E-state index contributed by atoms with van der Waals surface area (Å²) in [5, 5.41) is 0. The third-order valence-electron chi connectivity index (χ3n) is 3.45. The van der Waals surface area contributed by atoms with E-state index in [1.54, 1.807) is 11.8 Å². The van der Waals surface area contributed by atoms with Crippen LogP contribution in [0, 0.1) is 5.92 Å². The molecule has 0 bridgehead atoms. The van der Waals surface area contributed by atoms with Crippen LogP contribution in [-0.4, -0.2) is 54.2 Å². The number of hydrogen-bond acceptors (Lipinski definition) is 3. The van der Waals surface area contributed by atoms with E-state index in [9.17, 15) is 4.79 Å². The number of benzene rings is 1. The summed E-state index contributed by atoms with van der Waals surface area (Å²) in [4.78, 5) is 17.8. The average molecular weight is 292 g/mol. The Balaban J connectivity index is 1.72. The first-order chi connectivity index (χ1) is 9.65. The van der Waals surface area contributed by atoms with Crippen molar-refractivity contribution in [3.8, 4) is 0 Å². The normalized spacial score (nSPS) is 16.6. The van der Waals surface area contributed by atoms with Crippen LogP contribution < -0.4 is 0 Å². The number of carbonyl (C=O) groups excluding carboxylic acids is 1. The van der Waals surface area contributed by atoms with Gasteiger partial charge in [0, 0.05) is 37.6 Å². The van der Waals surface area contributed by atoms with E-state index in [0.29, 0.717) is 11.7 Å². The van der Waals surface area contributed by atoms with Crippen molar-refractivity contribution < 1.29 is 4.79 Å². The summed E-state index contributed by atoms with van der Waals surface area (Å²) in [6, 6.07) is 10.1. The van der Waals surface area contributed by atoms with Crippen molar-refractivity contribution in [1.82, 2.24) is 9.80 Å². The van der Waals surface area contributed by atoms with Crippen molar-refractivity contribution in [2.24, 2.45) is 5.92 Å². The minimum absolute atomic E-state index is 0.267. The Morgan fingerprint density at radius 1 is 1.15 bits per heavy atom. The summed E-state index contributed by atoms with van der Waals surface area (Å²) >= 11 is 1.63. The number of carbonyl (C=O) groups is 1. The largest absolute Gasteiger partial charge is 0.339 e. The quantitative estimate of drug-likeness (QED) is 0.779. The van der Waals surface area contributed by atoms with Gasteiger partial charge in [0.05, 0.1) is 5.75 Å². The van der Waals surface area contributed by atoms with Gasteiger partial charge in [-0.3, -0.25) is 9.69 Å². The molecule has 1 amide bonds. The highest BCUT2D eigenvalue weighted by Gasteiger charge is 2.21. The lowest BCUT2D eigenvalue weighted by atomic mass is 10.2. The lowest BCUT2D eigenvalue weighted by Crippen LogP contribution is -2.49. The highest BCUT2D eigenvalue weighted by molar-refractivity contribution is 8.00. The lowest BCUT2D eigenvalue weighted by Gasteiger charge is -2.35. The second kappa shape index (κ2) is 7.70. The van der Waals surface area contributed by atoms with Crippen molar-refractivity contribution >= 4 is 17.7 Å². The second-order valence-corrected chi connectivity index (χ2v) is 6.73. The number of rotatable bonds is 5. The Morgan fingerprint density at radius 2 is 1.80 bits per heavy atom. The number of hydrogen-bond donors (Lipinski definition) is 0.